The summed E-state index contributed by atoms with van der Waals surface area (Å²) >= 11 is 4.04. The van der Waals surface area contributed by atoms with Gasteiger partial charge < -0.3 is 4.74 Å². The highest BCUT2D eigenvalue weighted by Crippen LogP contribution is 2.27. The van der Waals surface area contributed by atoms with Gasteiger partial charge in [-0.25, -0.2) is 0 Å². The quantitative estimate of drug-likeness (QED) is 0.372. The lowest BCUT2D eigenvalue weighted by molar-refractivity contribution is -0.385. The van der Waals surface area contributed by atoms with E-state index in [2.05, 4.69) is 19.2 Å². The van der Waals surface area contributed by atoms with Gasteiger partial charge in [0.25, 0.3) is 0 Å². The summed E-state index contributed by atoms with van der Waals surface area (Å²) in [5.74, 6) is 0.771. The summed E-state index contributed by atoms with van der Waals surface area (Å²) < 4.78 is 5.34. The number of hydrogen-bond acceptors (Lipinski definition) is 4. The largest absolute Gasteiger partial charge is 0.482 e. The minimum atomic E-state index is -0.460. The summed E-state index contributed by atoms with van der Waals surface area (Å²) in [6.45, 7) is 5.81. The Morgan fingerprint density at radius 3 is 2.88 bits per heavy atom. The summed E-state index contributed by atoms with van der Waals surface area (Å²) in [5, 5.41) is 10.7. The number of rotatable bonds is 5. The van der Waals surface area contributed by atoms with Crippen LogP contribution < -0.4 is 4.74 Å². The first kappa shape index (κ1) is 12.6. The van der Waals surface area contributed by atoms with Gasteiger partial charge in [0.05, 0.1) is 4.92 Å². The van der Waals surface area contributed by atoms with E-state index in [1.54, 1.807) is 12.1 Å². The zero-order valence-corrected chi connectivity index (χ0v) is 9.87. The highest BCUT2D eigenvalue weighted by atomic mass is 32.1. The molecule has 0 heterocycles. The maximum absolute atomic E-state index is 10.7. The predicted molar refractivity (Wildman–Crippen MR) is 66.3 cm³/mol. The minimum Gasteiger partial charge on any atom is -0.482 e. The molecule has 4 nitrogen and oxygen atoms in total. The Labute approximate surface area is 99.5 Å². The highest BCUT2D eigenvalue weighted by molar-refractivity contribution is 7.80. The van der Waals surface area contributed by atoms with Crippen molar-refractivity contribution in [2.24, 2.45) is 0 Å². The molecule has 0 atom stereocenters. The number of aryl methyl sites for hydroxylation is 1. The molecular weight excluding hydrogens is 226 g/mol. The maximum Gasteiger partial charge on any atom is 0.310 e. The van der Waals surface area contributed by atoms with Crippen LogP contribution in [0, 0.1) is 17.0 Å². The van der Waals surface area contributed by atoms with Crippen LogP contribution in [0.5, 0.6) is 5.75 Å². The average Bonchev–Trinajstić information content (AvgIpc) is 2.25. The number of nitro groups is 1. The van der Waals surface area contributed by atoms with Gasteiger partial charge in [0.1, 0.15) is 6.61 Å². The topological polar surface area (TPSA) is 52.4 Å². The SMILES string of the molecule is C=C(CS)COc1cc(C)ccc1[N+](=O)[O-]. The zero-order valence-electron chi connectivity index (χ0n) is 8.97. The maximum atomic E-state index is 10.7. The summed E-state index contributed by atoms with van der Waals surface area (Å²) in [6.07, 6.45) is 0. The number of benzene rings is 1. The van der Waals surface area contributed by atoms with E-state index in [4.69, 9.17) is 4.74 Å². The summed E-state index contributed by atoms with van der Waals surface area (Å²) in [7, 11) is 0. The monoisotopic (exact) mass is 239 g/mol. The zero-order chi connectivity index (χ0) is 12.1. The Morgan fingerprint density at radius 2 is 2.31 bits per heavy atom. The molecule has 16 heavy (non-hydrogen) atoms. The number of nitro benzene ring substituents is 1. The van der Waals surface area contributed by atoms with E-state index in [1.165, 1.54) is 6.07 Å². The Hall–Kier alpha value is -1.49. The standard InChI is InChI=1S/C11H13NO3S/c1-8-3-4-10(12(13)14)11(5-8)15-6-9(2)7-16/h3-5,16H,2,6-7H2,1H3. The molecule has 0 aliphatic carbocycles. The fourth-order valence-corrected chi connectivity index (χ4v) is 1.20. The van der Waals surface area contributed by atoms with Crippen molar-refractivity contribution in [3.05, 3.63) is 46.0 Å². The summed E-state index contributed by atoms with van der Waals surface area (Å²) in [6, 6.07) is 4.76. The third-order valence-electron chi connectivity index (χ3n) is 1.97. The highest BCUT2D eigenvalue weighted by Gasteiger charge is 2.14. The van der Waals surface area contributed by atoms with E-state index < -0.39 is 4.92 Å². The van der Waals surface area contributed by atoms with Crippen molar-refractivity contribution in [2.75, 3.05) is 12.4 Å². The van der Waals surface area contributed by atoms with Crippen LogP contribution in [0.3, 0.4) is 0 Å². The van der Waals surface area contributed by atoms with Crippen molar-refractivity contribution in [3.8, 4) is 5.75 Å². The van der Waals surface area contributed by atoms with E-state index in [1.807, 2.05) is 6.92 Å². The van der Waals surface area contributed by atoms with Crippen LogP contribution in [-0.4, -0.2) is 17.3 Å². The molecule has 0 fully saturated rings. The molecule has 0 saturated heterocycles. The predicted octanol–water partition coefficient (Wildman–Crippen LogP) is 2.77. The third kappa shape index (κ3) is 3.27. The Morgan fingerprint density at radius 1 is 1.62 bits per heavy atom. The smallest absolute Gasteiger partial charge is 0.310 e. The average molecular weight is 239 g/mol. The third-order valence-corrected chi connectivity index (χ3v) is 2.41. The van der Waals surface area contributed by atoms with E-state index >= 15 is 0 Å². The molecule has 5 heteroatoms. The van der Waals surface area contributed by atoms with Crippen molar-refractivity contribution in [1.29, 1.82) is 0 Å². The van der Waals surface area contributed by atoms with Gasteiger partial charge in [0.15, 0.2) is 5.75 Å². The molecule has 1 aromatic rings. The molecule has 0 aliphatic heterocycles. The lowest BCUT2D eigenvalue weighted by Crippen LogP contribution is -2.03. The summed E-state index contributed by atoms with van der Waals surface area (Å²) in [4.78, 5) is 10.3. The number of hydrogen-bond donors (Lipinski definition) is 1. The number of thiol groups is 1. The molecule has 0 radical (unpaired) electrons. The molecule has 0 aromatic heterocycles. The number of nitrogens with zero attached hydrogens (tertiary/aromatic N) is 1. The minimum absolute atomic E-state index is 0.0300. The van der Waals surface area contributed by atoms with Gasteiger partial charge in [0.2, 0.25) is 0 Å². The summed E-state index contributed by atoms with van der Waals surface area (Å²) in [5.41, 5.74) is 1.66. The van der Waals surface area contributed by atoms with Crippen LogP contribution >= 0.6 is 12.6 Å². The molecule has 0 saturated carbocycles. The molecule has 0 N–H and O–H groups in total. The second-order valence-corrected chi connectivity index (χ2v) is 3.74. The van der Waals surface area contributed by atoms with Gasteiger partial charge >= 0.3 is 5.69 Å². The van der Waals surface area contributed by atoms with Crippen molar-refractivity contribution in [1.82, 2.24) is 0 Å². The first-order valence-electron chi connectivity index (χ1n) is 4.70. The molecular formula is C11H13NO3S. The lowest BCUT2D eigenvalue weighted by Gasteiger charge is -2.07. The van der Waals surface area contributed by atoms with E-state index in [0.29, 0.717) is 5.75 Å². The Kier molecular flexibility index (Phi) is 4.37. The normalized spacial score (nSPS) is 9.88. The van der Waals surface area contributed by atoms with Gasteiger partial charge in [-0.05, 0) is 24.1 Å². The van der Waals surface area contributed by atoms with Gasteiger partial charge in [0, 0.05) is 11.8 Å². The van der Waals surface area contributed by atoms with Crippen molar-refractivity contribution >= 4 is 18.3 Å². The first-order chi connectivity index (χ1) is 7.54. The van der Waals surface area contributed by atoms with Crippen LogP contribution in [0.1, 0.15) is 5.56 Å². The molecule has 0 spiro atoms. The van der Waals surface area contributed by atoms with Crippen LogP contribution in [0.15, 0.2) is 30.4 Å². The molecule has 86 valence electrons. The number of ether oxygens (including phenoxy) is 1. The Bertz CT molecular complexity index is 418. The van der Waals surface area contributed by atoms with Crippen molar-refractivity contribution < 1.29 is 9.66 Å². The van der Waals surface area contributed by atoms with Crippen LogP contribution in [0.2, 0.25) is 0 Å². The van der Waals surface area contributed by atoms with Gasteiger partial charge in [-0.2, -0.15) is 12.6 Å². The molecule has 0 unspecified atom stereocenters. The molecule has 1 aromatic carbocycles. The van der Waals surface area contributed by atoms with Crippen LogP contribution in [0.4, 0.5) is 5.69 Å². The van der Waals surface area contributed by atoms with E-state index in [9.17, 15) is 10.1 Å². The van der Waals surface area contributed by atoms with Gasteiger partial charge in [-0.3, -0.25) is 10.1 Å². The Balaban J connectivity index is 2.88. The van der Waals surface area contributed by atoms with Crippen molar-refractivity contribution in [2.45, 2.75) is 6.92 Å². The van der Waals surface area contributed by atoms with Crippen LogP contribution in [0.25, 0.3) is 0 Å². The molecule has 0 bridgehead atoms. The lowest BCUT2D eigenvalue weighted by atomic mass is 10.2. The van der Waals surface area contributed by atoms with Crippen LogP contribution in [-0.2, 0) is 0 Å². The second-order valence-electron chi connectivity index (χ2n) is 3.43. The molecule has 1 rings (SSSR count). The van der Waals surface area contributed by atoms with Gasteiger partial charge in [-0.1, -0.05) is 12.6 Å². The fraction of sp³-hybridized carbons (Fsp3) is 0.273. The first-order valence-corrected chi connectivity index (χ1v) is 5.33. The van der Waals surface area contributed by atoms with E-state index in [-0.39, 0.29) is 18.0 Å². The van der Waals surface area contributed by atoms with Crippen molar-refractivity contribution in [3.63, 3.8) is 0 Å². The molecule has 0 aliphatic rings. The van der Waals surface area contributed by atoms with E-state index in [0.717, 1.165) is 11.1 Å². The van der Waals surface area contributed by atoms with Gasteiger partial charge in [-0.15, -0.1) is 0 Å². The fourth-order valence-electron chi connectivity index (χ4n) is 1.11. The second kappa shape index (κ2) is 5.55. The molecule has 0 amide bonds.